The van der Waals surface area contributed by atoms with E-state index in [0.717, 1.165) is 12.8 Å². The van der Waals surface area contributed by atoms with Crippen LogP contribution in [-0.4, -0.2) is 18.3 Å². The first-order valence-corrected chi connectivity index (χ1v) is 7.73. The lowest BCUT2D eigenvalue weighted by Crippen LogP contribution is -2.12. The topological polar surface area (TPSA) is 29.5 Å². The summed E-state index contributed by atoms with van der Waals surface area (Å²) < 4.78 is 19.2. The van der Waals surface area contributed by atoms with Crippen molar-refractivity contribution in [2.24, 2.45) is 5.92 Å². The van der Waals surface area contributed by atoms with Crippen molar-refractivity contribution in [1.82, 2.24) is 0 Å². The van der Waals surface area contributed by atoms with Crippen molar-refractivity contribution < 1.29 is 14.2 Å². The standard InChI is InChI=1S/C18H25FO2/c1-3-5-8-15(4-2)14-21-18-11-10-17(19)13-16(18)9-6-7-12-20/h10-11,13,15,20H,3-5,7-8,12,14H2,1-2H3. The highest BCUT2D eigenvalue weighted by Gasteiger charge is 2.09. The predicted molar refractivity (Wildman–Crippen MR) is 83.8 cm³/mol. The predicted octanol–water partition coefficient (Wildman–Crippen LogP) is 4.15. The minimum Gasteiger partial charge on any atom is -0.492 e. The van der Waals surface area contributed by atoms with E-state index in [-0.39, 0.29) is 12.4 Å². The van der Waals surface area contributed by atoms with E-state index in [9.17, 15) is 4.39 Å². The van der Waals surface area contributed by atoms with Crippen LogP contribution in [0.3, 0.4) is 0 Å². The van der Waals surface area contributed by atoms with Gasteiger partial charge >= 0.3 is 0 Å². The Bertz CT molecular complexity index is 474. The lowest BCUT2D eigenvalue weighted by molar-refractivity contribution is 0.232. The molecule has 0 amide bonds. The van der Waals surface area contributed by atoms with Crippen LogP contribution in [0.25, 0.3) is 0 Å². The summed E-state index contributed by atoms with van der Waals surface area (Å²) in [6, 6.07) is 4.40. The summed E-state index contributed by atoms with van der Waals surface area (Å²) in [5.74, 6) is 6.49. The van der Waals surface area contributed by atoms with Crippen molar-refractivity contribution in [2.75, 3.05) is 13.2 Å². The third-order valence-corrected chi connectivity index (χ3v) is 3.42. The zero-order valence-electron chi connectivity index (χ0n) is 13.0. The van der Waals surface area contributed by atoms with Gasteiger partial charge in [-0.25, -0.2) is 4.39 Å². The van der Waals surface area contributed by atoms with Gasteiger partial charge in [-0.3, -0.25) is 0 Å². The maximum Gasteiger partial charge on any atom is 0.135 e. The summed E-state index contributed by atoms with van der Waals surface area (Å²) in [6.07, 6.45) is 5.00. The number of ether oxygens (including phenoxy) is 1. The van der Waals surface area contributed by atoms with Crippen LogP contribution in [0.2, 0.25) is 0 Å². The van der Waals surface area contributed by atoms with E-state index in [1.165, 1.54) is 25.0 Å². The molecule has 0 heterocycles. The molecule has 1 atom stereocenters. The Morgan fingerprint density at radius 3 is 2.81 bits per heavy atom. The molecule has 1 aromatic rings. The Balaban J connectivity index is 2.71. The van der Waals surface area contributed by atoms with Gasteiger partial charge in [-0.1, -0.05) is 45.0 Å². The van der Waals surface area contributed by atoms with Gasteiger partial charge in [-0.2, -0.15) is 0 Å². The molecule has 21 heavy (non-hydrogen) atoms. The molecule has 0 aliphatic carbocycles. The molecular weight excluding hydrogens is 267 g/mol. The number of aliphatic hydroxyl groups is 1. The number of hydrogen-bond acceptors (Lipinski definition) is 2. The van der Waals surface area contributed by atoms with Crippen LogP contribution in [0.5, 0.6) is 5.75 Å². The molecular formula is C18H25FO2. The first kappa shape index (κ1) is 17.5. The van der Waals surface area contributed by atoms with Crippen LogP contribution in [-0.2, 0) is 0 Å². The fourth-order valence-corrected chi connectivity index (χ4v) is 2.05. The van der Waals surface area contributed by atoms with E-state index in [4.69, 9.17) is 9.84 Å². The van der Waals surface area contributed by atoms with Gasteiger partial charge in [0.1, 0.15) is 11.6 Å². The largest absolute Gasteiger partial charge is 0.492 e. The third kappa shape index (κ3) is 6.64. The first-order chi connectivity index (χ1) is 10.2. The highest BCUT2D eigenvalue weighted by molar-refractivity contribution is 5.46. The number of hydrogen-bond donors (Lipinski definition) is 1. The monoisotopic (exact) mass is 292 g/mol. The lowest BCUT2D eigenvalue weighted by Gasteiger charge is -2.16. The molecule has 1 N–H and O–H groups in total. The van der Waals surface area contributed by atoms with Crippen LogP contribution >= 0.6 is 0 Å². The van der Waals surface area contributed by atoms with Crippen LogP contribution in [0.15, 0.2) is 18.2 Å². The zero-order valence-corrected chi connectivity index (χ0v) is 13.0. The summed E-state index contributed by atoms with van der Waals surface area (Å²) >= 11 is 0. The molecule has 1 aromatic carbocycles. The van der Waals surface area contributed by atoms with Crippen LogP contribution in [0, 0.1) is 23.6 Å². The molecule has 0 fully saturated rings. The molecule has 1 unspecified atom stereocenters. The Morgan fingerprint density at radius 1 is 1.33 bits per heavy atom. The summed E-state index contributed by atoms with van der Waals surface area (Å²) in [6.45, 7) is 4.99. The van der Waals surface area contributed by atoms with Crippen molar-refractivity contribution in [1.29, 1.82) is 0 Å². The highest BCUT2D eigenvalue weighted by Crippen LogP contribution is 2.21. The minimum absolute atomic E-state index is 0.00737. The molecule has 3 heteroatoms. The van der Waals surface area contributed by atoms with Crippen LogP contribution in [0.4, 0.5) is 4.39 Å². The van der Waals surface area contributed by atoms with Gasteiger partial charge in [0.05, 0.1) is 18.8 Å². The van der Waals surface area contributed by atoms with Crippen molar-refractivity contribution >= 4 is 0 Å². The van der Waals surface area contributed by atoms with E-state index in [1.807, 2.05) is 0 Å². The van der Waals surface area contributed by atoms with Crippen molar-refractivity contribution in [3.05, 3.63) is 29.6 Å². The van der Waals surface area contributed by atoms with Gasteiger partial charge < -0.3 is 9.84 Å². The third-order valence-electron chi connectivity index (χ3n) is 3.42. The Labute approximate surface area is 127 Å². The van der Waals surface area contributed by atoms with E-state index in [1.54, 1.807) is 6.07 Å². The molecule has 0 aliphatic heterocycles. The second-order valence-electron chi connectivity index (χ2n) is 5.14. The SMILES string of the molecule is CCCCC(CC)COc1ccc(F)cc1C#CCCO. The number of rotatable bonds is 8. The summed E-state index contributed by atoms with van der Waals surface area (Å²) in [5, 5.41) is 8.75. The Morgan fingerprint density at radius 2 is 2.14 bits per heavy atom. The molecule has 1 rings (SSSR count). The lowest BCUT2D eigenvalue weighted by atomic mass is 10.0. The highest BCUT2D eigenvalue weighted by atomic mass is 19.1. The van der Waals surface area contributed by atoms with Gasteiger partial charge in [-0.15, -0.1) is 0 Å². The molecule has 0 bridgehead atoms. The molecule has 0 saturated heterocycles. The summed E-state index contributed by atoms with van der Waals surface area (Å²) in [4.78, 5) is 0. The zero-order chi connectivity index (χ0) is 15.5. The van der Waals surface area contributed by atoms with E-state index in [0.29, 0.717) is 30.3 Å². The normalized spacial score (nSPS) is 11.6. The second-order valence-corrected chi connectivity index (χ2v) is 5.14. The number of halogens is 1. The maximum absolute atomic E-state index is 13.3. The van der Waals surface area contributed by atoms with E-state index >= 15 is 0 Å². The van der Waals surface area contributed by atoms with Gasteiger partial charge in [0.15, 0.2) is 0 Å². The molecule has 0 aromatic heterocycles. The molecule has 0 aliphatic rings. The fourth-order valence-electron chi connectivity index (χ4n) is 2.05. The van der Waals surface area contributed by atoms with E-state index in [2.05, 4.69) is 25.7 Å². The second kappa shape index (κ2) is 10.2. The minimum atomic E-state index is -0.325. The average Bonchev–Trinajstić information content (AvgIpc) is 2.49. The summed E-state index contributed by atoms with van der Waals surface area (Å²) in [7, 11) is 0. The Hall–Kier alpha value is -1.53. The molecule has 0 radical (unpaired) electrons. The summed E-state index contributed by atoms with van der Waals surface area (Å²) in [5.41, 5.74) is 0.550. The van der Waals surface area contributed by atoms with Crippen LogP contribution in [0.1, 0.15) is 51.5 Å². The number of unbranched alkanes of at least 4 members (excludes halogenated alkanes) is 1. The number of benzene rings is 1. The van der Waals surface area contributed by atoms with Gasteiger partial charge in [-0.05, 0) is 30.5 Å². The van der Waals surface area contributed by atoms with Gasteiger partial charge in [0, 0.05) is 6.42 Å². The Kier molecular flexibility index (Phi) is 8.54. The van der Waals surface area contributed by atoms with Crippen LogP contribution < -0.4 is 4.74 Å². The fraction of sp³-hybridized carbons (Fsp3) is 0.556. The molecule has 0 saturated carbocycles. The molecule has 0 spiro atoms. The van der Waals surface area contributed by atoms with Gasteiger partial charge in [0.25, 0.3) is 0 Å². The van der Waals surface area contributed by atoms with Crippen molar-refractivity contribution in [3.8, 4) is 17.6 Å². The molecule has 116 valence electrons. The van der Waals surface area contributed by atoms with Crippen molar-refractivity contribution in [3.63, 3.8) is 0 Å². The van der Waals surface area contributed by atoms with Gasteiger partial charge in [0.2, 0.25) is 0 Å². The smallest absolute Gasteiger partial charge is 0.135 e. The average molecular weight is 292 g/mol. The maximum atomic E-state index is 13.3. The number of aliphatic hydroxyl groups excluding tert-OH is 1. The van der Waals surface area contributed by atoms with Crippen molar-refractivity contribution in [2.45, 2.75) is 46.0 Å². The first-order valence-electron chi connectivity index (χ1n) is 7.73. The molecule has 2 nitrogen and oxygen atoms in total. The van der Waals surface area contributed by atoms with E-state index < -0.39 is 0 Å². The quantitative estimate of drug-likeness (QED) is 0.729.